The maximum Gasteiger partial charge on any atom is 0.119 e. The minimum atomic E-state index is 0.302. The first kappa shape index (κ1) is 14.9. The summed E-state index contributed by atoms with van der Waals surface area (Å²) < 4.78 is 5.73. The molecule has 0 aromatic heterocycles. The van der Waals surface area contributed by atoms with Crippen LogP contribution in [-0.2, 0) is 0 Å². The molecule has 1 atom stereocenters. The Kier molecular flexibility index (Phi) is 7.32. The van der Waals surface area contributed by atoms with E-state index in [1.54, 1.807) is 0 Å². The molecule has 0 aliphatic carbocycles. The first-order valence-electron chi connectivity index (χ1n) is 6.31. The Balaban J connectivity index is 2.40. The summed E-state index contributed by atoms with van der Waals surface area (Å²) in [4.78, 5) is 0. The molecule has 0 bridgehead atoms. The molecular weight excluding hydrogens is 246 g/mol. The summed E-state index contributed by atoms with van der Waals surface area (Å²) in [5.74, 6) is 3.50. The monoisotopic (exact) mass is 265 g/mol. The number of hydrogen-bond acceptors (Lipinski definition) is 2. The maximum absolute atomic E-state index is 5.82. The van der Waals surface area contributed by atoms with Gasteiger partial charge in [-0.3, -0.25) is 0 Å². The van der Waals surface area contributed by atoms with Gasteiger partial charge in [0.2, 0.25) is 0 Å². The van der Waals surface area contributed by atoms with Crippen molar-refractivity contribution >= 4 is 11.6 Å². The largest absolute Gasteiger partial charge is 0.492 e. The number of hydrogen-bond donors (Lipinski definition) is 1. The fourth-order valence-electron chi connectivity index (χ4n) is 1.58. The zero-order chi connectivity index (χ0) is 13.2. The van der Waals surface area contributed by atoms with E-state index in [0.717, 1.165) is 36.6 Å². The molecule has 3 heteroatoms. The standard InChI is InChI=1S/C15H20ClNO/c1-3-5-6-14(17-11-4-2)12-18-15-9-7-13(16)8-10-15/h1,7-10,14,17H,4-6,11-12H2,2H3. The topological polar surface area (TPSA) is 21.3 Å². The van der Waals surface area contributed by atoms with E-state index in [1.807, 2.05) is 24.3 Å². The fourth-order valence-corrected chi connectivity index (χ4v) is 1.70. The maximum atomic E-state index is 5.82. The van der Waals surface area contributed by atoms with E-state index < -0.39 is 0 Å². The van der Waals surface area contributed by atoms with Crippen molar-refractivity contribution in [2.45, 2.75) is 32.2 Å². The molecule has 0 saturated carbocycles. The average Bonchev–Trinajstić information content (AvgIpc) is 2.40. The van der Waals surface area contributed by atoms with Gasteiger partial charge in [0.15, 0.2) is 0 Å². The average molecular weight is 266 g/mol. The van der Waals surface area contributed by atoms with Crippen LogP contribution < -0.4 is 10.1 Å². The third-order valence-electron chi connectivity index (χ3n) is 2.58. The Morgan fingerprint density at radius 1 is 1.39 bits per heavy atom. The van der Waals surface area contributed by atoms with Gasteiger partial charge in [0.05, 0.1) is 0 Å². The van der Waals surface area contributed by atoms with Crippen molar-refractivity contribution in [2.24, 2.45) is 0 Å². The van der Waals surface area contributed by atoms with Crippen molar-refractivity contribution in [3.63, 3.8) is 0 Å². The van der Waals surface area contributed by atoms with Crippen molar-refractivity contribution in [1.82, 2.24) is 5.32 Å². The highest BCUT2D eigenvalue weighted by Gasteiger charge is 2.07. The van der Waals surface area contributed by atoms with E-state index in [9.17, 15) is 0 Å². The second-order valence-corrected chi connectivity index (χ2v) is 4.60. The molecule has 1 aromatic rings. The highest BCUT2D eigenvalue weighted by Crippen LogP contribution is 2.15. The fraction of sp³-hybridized carbons (Fsp3) is 0.467. The van der Waals surface area contributed by atoms with Crippen LogP contribution in [0, 0.1) is 12.3 Å². The van der Waals surface area contributed by atoms with Crippen LogP contribution >= 0.6 is 11.6 Å². The third kappa shape index (κ3) is 5.95. The first-order chi connectivity index (χ1) is 8.76. The van der Waals surface area contributed by atoms with E-state index in [4.69, 9.17) is 22.8 Å². The Morgan fingerprint density at radius 2 is 2.11 bits per heavy atom. The molecule has 0 amide bonds. The van der Waals surface area contributed by atoms with Gasteiger partial charge in [-0.2, -0.15) is 0 Å². The lowest BCUT2D eigenvalue weighted by molar-refractivity contribution is 0.258. The zero-order valence-corrected chi connectivity index (χ0v) is 11.5. The predicted octanol–water partition coefficient (Wildman–Crippen LogP) is 3.50. The SMILES string of the molecule is C#CCCC(COc1ccc(Cl)cc1)NCCC. The van der Waals surface area contributed by atoms with E-state index >= 15 is 0 Å². The van der Waals surface area contributed by atoms with Crippen molar-refractivity contribution < 1.29 is 4.74 Å². The van der Waals surface area contributed by atoms with Crippen LogP contribution in [-0.4, -0.2) is 19.2 Å². The molecule has 0 radical (unpaired) electrons. The Morgan fingerprint density at radius 3 is 2.72 bits per heavy atom. The molecule has 0 fully saturated rings. The van der Waals surface area contributed by atoms with Crippen LogP contribution in [0.2, 0.25) is 5.02 Å². The molecule has 18 heavy (non-hydrogen) atoms. The molecule has 98 valence electrons. The highest BCUT2D eigenvalue weighted by atomic mass is 35.5. The normalized spacial score (nSPS) is 11.8. The zero-order valence-electron chi connectivity index (χ0n) is 10.8. The lowest BCUT2D eigenvalue weighted by atomic mass is 10.1. The number of rotatable bonds is 8. The van der Waals surface area contributed by atoms with E-state index in [2.05, 4.69) is 18.2 Å². The minimum absolute atomic E-state index is 0.302. The lowest BCUT2D eigenvalue weighted by Crippen LogP contribution is -2.35. The summed E-state index contributed by atoms with van der Waals surface area (Å²) >= 11 is 5.82. The molecule has 1 rings (SSSR count). The van der Waals surface area contributed by atoms with Crippen molar-refractivity contribution in [2.75, 3.05) is 13.2 Å². The molecule has 0 spiro atoms. The van der Waals surface area contributed by atoms with Crippen LogP contribution in [0.1, 0.15) is 26.2 Å². The van der Waals surface area contributed by atoms with Crippen LogP contribution in [0.4, 0.5) is 0 Å². The van der Waals surface area contributed by atoms with Gasteiger partial charge in [0.1, 0.15) is 12.4 Å². The molecule has 0 saturated heterocycles. The summed E-state index contributed by atoms with van der Waals surface area (Å²) in [6, 6.07) is 7.71. The molecule has 1 unspecified atom stereocenters. The van der Waals surface area contributed by atoms with E-state index in [-0.39, 0.29) is 0 Å². The highest BCUT2D eigenvalue weighted by molar-refractivity contribution is 6.30. The molecule has 0 aliphatic heterocycles. The number of terminal acetylenes is 1. The van der Waals surface area contributed by atoms with Crippen molar-refractivity contribution in [3.05, 3.63) is 29.3 Å². The lowest BCUT2D eigenvalue weighted by Gasteiger charge is -2.18. The van der Waals surface area contributed by atoms with Crippen LogP contribution in [0.15, 0.2) is 24.3 Å². The van der Waals surface area contributed by atoms with Gasteiger partial charge in [-0.15, -0.1) is 12.3 Å². The smallest absolute Gasteiger partial charge is 0.119 e. The molecular formula is C15H20ClNO. The van der Waals surface area contributed by atoms with E-state index in [1.165, 1.54) is 0 Å². The Hall–Kier alpha value is -1.17. The van der Waals surface area contributed by atoms with Crippen molar-refractivity contribution in [3.8, 4) is 18.1 Å². The number of benzene rings is 1. The Labute approximate surface area is 115 Å². The quantitative estimate of drug-likeness (QED) is 0.727. The molecule has 1 aromatic carbocycles. The van der Waals surface area contributed by atoms with Gasteiger partial charge >= 0.3 is 0 Å². The third-order valence-corrected chi connectivity index (χ3v) is 2.84. The molecule has 0 heterocycles. The van der Waals surface area contributed by atoms with E-state index in [0.29, 0.717) is 12.6 Å². The first-order valence-corrected chi connectivity index (χ1v) is 6.69. The minimum Gasteiger partial charge on any atom is -0.492 e. The molecule has 1 N–H and O–H groups in total. The van der Waals surface area contributed by atoms with Gasteiger partial charge in [0, 0.05) is 17.5 Å². The van der Waals surface area contributed by atoms with Gasteiger partial charge in [-0.05, 0) is 43.7 Å². The second-order valence-electron chi connectivity index (χ2n) is 4.16. The summed E-state index contributed by atoms with van der Waals surface area (Å²) in [5, 5.41) is 4.16. The van der Waals surface area contributed by atoms with Crippen LogP contribution in [0.5, 0.6) is 5.75 Å². The summed E-state index contributed by atoms with van der Waals surface area (Å²) in [6.45, 7) is 3.76. The molecule has 0 aliphatic rings. The van der Waals surface area contributed by atoms with Gasteiger partial charge in [-0.1, -0.05) is 18.5 Å². The predicted molar refractivity (Wildman–Crippen MR) is 77.1 cm³/mol. The summed E-state index contributed by atoms with van der Waals surface area (Å²) in [7, 11) is 0. The van der Waals surface area contributed by atoms with Gasteiger partial charge in [-0.25, -0.2) is 0 Å². The van der Waals surface area contributed by atoms with Crippen molar-refractivity contribution in [1.29, 1.82) is 0 Å². The summed E-state index contributed by atoms with van der Waals surface area (Å²) in [6.07, 6.45) is 8.10. The van der Waals surface area contributed by atoms with Gasteiger partial charge < -0.3 is 10.1 Å². The number of halogens is 1. The van der Waals surface area contributed by atoms with Crippen LogP contribution in [0.25, 0.3) is 0 Å². The summed E-state index contributed by atoms with van der Waals surface area (Å²) in [5.41, 5.74) is 0. The number of nitrogens with one attached hydrogen (secondary N) is 1. The number of ether oxygens (including phenoxy) is 1. The Bertz CT molecular complexity index is 369. The van der Waals surface area contributed by atoms with Crippen LogP contribution in [0.3, 0.4) is 0 Å². The molecule has 2 nitrogen and oxygen atoms in total. The second kappa shape index (κ2) is 8.85. The van der Waals surface area contributed by atoms with Gasteiger partial charge in [0.25, 0.3) is 0 Å².